The number of ether oxygens (including phenoxy) is 1. The molecule has 1 aromatic carbocycles. The maximum Gasteiger partial charge on any atom is 0.308 e. The summed E-state index contributed by atoms with van der Waals surface area (Å²) in [7, 11) is 0. The predicted molar refractivity (Wildman–Crippen MR) is 96.7 cm³/mol. The molecule has 1 aromatic rings. The van der Waals surface area contributed by atoms with Crippen LogP contribution in [0.2, 0.25) is 0 Å². The van der Waals surface area contributed by atoms with Gasteiger partial charge in [-0.1, -0.05) is 0 Å². The zero-order valence-corrected chi connectivity index (χ0v) is 15.4. The molecule has 0 aromatic heterocycles. The number of aliphatic imine (C=N–C) groups is 1. The van der Waals surface area contributed by atoms with Crippen molar-refractivity contribution in [2.24, 2.45) is 10.9 Å². The minimum Gasteiger partial charge on any atom is -0.466 e. The zero-order valence-electron chi connectivity index (χ0n) is 15.4. The van der Waals surface area contributed by atoms with Gasteiger partial charge in [0.25, 0.3) is 0 Å². The van der Waals surface area contributed by atoms with Gasteiger partial charge in [-0.25, -0.2) is 13.8 Å². The number of hydrogen-bond acceptors (Lipinski definition) is 3. The topological polar surface area (TPSA) is 62.7 Å². The molecule has 0 aliphatic heterocycles. The second-order valence-electron chi connectivity index (χ2n) is 6.38. The molecule has 0 heterocycles. The van der Waals surface area contributed by atoms with Gasteiger partial charge in [0.05, 0.1) is 19.1 Å². The molecule has 1 aliphatic carbocycles. The van der Waals surface area contributed by atoms with Crippen LogP contribution in [0.25, 0.3) is 0 Å². The fraction of sp³-hybridized carbons (Fsp3) is 0.579. The van der Waals surface area contributed by atoms with E-state index in [2.05, 4.69) is 15.6 Å². The predicted octanol–water partition coefficient (Wildman–Crippen LogP) is 3.14. The van der Waals surface area contributed by atoms with E-state index in [9.17, 15) is 13.6 Å². The van der Waals surface area contributed by atoms with Gasteiger partial charge in [-0.15, -0.1) is 0 Å². The second-order valence-corrected chi connectivity index (χ2v) is 6.38. The third-order valence-electron chi connectivity index (χ3n) is 4.45. The van der Waals surface area contributed by atoms with Crippen molar-refractivity contribution in [1.29, 1.82) is 0 Å². The number of carbonyl (C=O) groups excluding carboxylic acids is 1. The number of halogens is 2. The molecule has 2 rings (SSSR count). The summed E-state index contributed by atoms with van der Waals surface area (Å²) in [5.74, 6) is -0.537. The normalized spacial score (nSPS) is 20.5. The maximum atomic E-state index is 13.7. The van der Waals surface area contributed by atoms with E-state index < -0.39 is 11.6 Å². The SMILES string of the molecule is CCNC(=NCc1cc(F)ccc1F)NC1CCC(C(=O)OCC)CC1. The van der Waals surface area contributed by atoms with Gasteiger partial charge in [0, 0.05) is 18.2 Å². The summed E-state index contributed by atoms with van der Waals surface area (Å²) in [4.78, 5) is 16.2. The molecule has 0 atom stereocenters. The molecule has 1 aliphatic rings. The Kier molecular flexibility index (Phi) is 7.81. The third-order valence-corrected chi connectivity index (χ3v) is 4.45. The van der Waals surface area contributed by atoms with E-state index in [1.807, 2.05) is 13.8 Å². The highest BCUT2D eigenvalue weighted by atomic mass is 19.1. The van der Waals surface area contributed by atoms with Crippen LogP contribution in [0, 0.1) is 17.6 Å². The monoisotopic (exact) mass is 367 g/mol. The lowest BCUT2D eigenvalue weighted by atomic mass is 9.86. The van der Waals surface area contributed by atoms with E-state index in [1.54, 1.807) is 0 Å². The van der Waals surface area contributed by atoms with Crippen LogP contribution in [-0.2, 0) is 16.1 Å². The quantitative estimate of drug-likeness (QED) is 0.461. The minimum absolute atomic E-state index is 0.0334. The first kappa shape index (κ1) is 20.1. The smallest absolute Gasteiger partial charge is 0.308 e. The number of hydrogen-bond donors (Lipinski definition) is 2. The number of rotatable bonds is 6. The van der Waals surface area contributed by atoms with E-state index >= 15 is 0 Å². The van der Waals surface area contributed by atoms with Crippen LogP contribution in [0.1, 0.15) is 45.1 Å². The van der Waals surface area contributed by atoms with Crippen molar-refractivity contribution < 1.29 is 18.3 Å². The van der Waals surface area contributed by atoms with Gasteiger partial charge in [0.2, 0.25) is 0 Å². The van der Waals surface area contributed by atoms with E-state index in [-0.39, 0.29) is 30.0 Å². The fourth-order valence-electron chi connectivity index (χ4n) is 3.08. The molecule has 0 unspecified atom stereocenters. The van der Waals surface area contributed by atoms with Crippen molar-refractivity contribution in [1.82, 2.24) is 10.6 Å². The first-order chi connectivity index (χ1) is 12.5. The van der Waals surface area contributed by atoms with E-state index in [0.717, 1.165) is 43.9 Å². The van der Waals surface area contributed by atoms with Gasteiger partial charge in [0.15, 0.2) is 5.96 Å². The molecule has 0 spiro atoms. The summed E-state index contributed by atoms with van der Waals surface area (Å²) in [5.41, 5.74) is 0.216. The van der Waals surface area contributed by atoms with Gasteiger partial charge in [-0.05, 0) is 57.7 Å². The molecule has 144 valence electrons. The highest BCUT2D eigenvalue weighted by Crippen LogP contribution is 2.25. The Hall–Kier alpha value is -2.18. The molecule has 26 heavy (non-hydrogen) atoms. The molecular weight excluding hydrogens is 340 g/mol. The van der Waals surface area contributed by atoms with Crippen molar-refractivity contribution in [3.8, 4) is 0 Å². The zero-order chi connectivity index (χ0) is 18.9. The number of guanidine groups is 1. The van der Waals surface area contributed by atoms with Gasteiger partial charge < -0.3 is 15.4 Å². The third kappa shape index (κ3) is 5.97. The maximum absolute atomic E-state index is 13.7. The molecule has 0 bridgehead atoms. The number of esters is 1. The summed E-state index contributed by atoms with van der Waals surface area (Å²) in [6, 6.07) is 3.55. The van der Waals surface area contributed by atoms with Crippen LogP contribution in [0.15, 0.2) is 23.2 Å². The highest BCUT2D eigenvalue weighted by Gasteiger charge is 2.27. The largest absolute Gasteiger partial charge is 0.466 e. The van der Waals surface area contributed by atoms with Crippen LogP contribution in [0.4, 0.5) is 8.78 Å². The average molecular weight is 367 g/mol. The van der Waals surface area contributed by atoms with Gasteiger partial charge in [-0.2, -0.15) is 0 Å². The number of carbonyl (C=O) groups is 1. The standard InChI is InChI=1S/C19H27F2N3O2/c1-3-22-19(23-12-14-11-15(20)7-10-17(14)21)24-16-8-5-13(6-9-16)18(25)26-4-2/h7,10-11,13,16H,3-6,8-9,12H2,1-2H3,(H2,22,23,24). The van der Waals surface area contributed by atoms with Crippen molar-refractivity contribution in [2.75, 3.05) is 13.2 Å². The summed E-state index contributed by atoms with van der Waals surface area (Å²) in [5, 5.41) is 6.44. The molecule has 0 amide bonds. The second kappa shape index (κ2) is 10.1. The van der Waals surface area contributed by atoms with E-state index in [0.29, 0.717) is 19.1 Å². The first-order valence-corrected chi connectivity index (χ1v) is 9.18. The Morgan fingerprint density at radius 1 is 1.23 bits per heavy atom. The van der Waals surface area contributed by atoms with Crippen LogP contribution >= 0.6 is 0 Å². The molecule has 2 N–H and O–H groups in total. The lowest BCUT2D eigenvalue weighted by Gasteiger charge is -2.29. The van der Waals surface area contributed by atoms with Crippen LogP contribution in [-0.4, -0.2) is 31.1 Å². The van der Waals surface area contributed by atoms with Crippen LogP contribution in [0.5, 0.6) is 0 Å². The molecule has 1 saturated carbocycles. The van der Waals surface area contributed by atoms with Crippen molar-refractivity contribution in [2.45, 2.75) is 52.1 Å². The van der Waals surface area contributed by atoms with Crippen LogP contribution < -0.4 is 10.6 Å². The molecule has 0 saturated heterocycles. The van der Waals surface area contributed by atoms with Gasteiger partial charge in [0.1, 0.15) is 11.6 Å². The number of nitrogens with one attached hydrogen (secondary N) is 2. The van der Waals surface area contributed by atoms with Crippen molar-refractivity contribution in [3.63, 3.8) is 0 Å². The summed E-state index contributed by atoms with van der Waals surface area (Å²) < 4.78 is 32.1. The number of nitrogens with zero attached hydrogens (tertiary/aromatic N) is 1. The first-order valence-electron chi connectivity index (χ1n) is 9.18. The molecule has 5 nitrogen and oxygen atoms in total. The Balaban J connectivity index is 1.92. The van der Waals surface area contributed by atoms with Gasteiger partial charge in [-0.3, -0.25) is 4.79 Å². The highest BCUT2D eigenvalue weighted by molar-refractivity contribution is 5.80. The van der Waals surface area contributed by atoms with Crippen molar-refractivity contribution in [3.05, 3.63) is 35.4 Å². The lowest BCUT2D eigenvalue weighted by molar-refractivity contribution is -0.149. The Labute approximate surface area is 153 Å². The van der Waals surface area contributed by atoms with Crippen LogP contribution in [0.3, 0.4) is 0 Å². The molecule has 7 heteroatoms. The summed E-state index contributed by atoms with van der Waals surface area (Å²) in [6.07, 6.45) is 3.22. The van der Waals surface area contributed by atoms with Gasteiger partial charge >= 0.3 is 5.97 Å². The molecule has 0 radical (unpaired) electrons. The average Bonchev–Trinajstić information content (AvgIpc) is 2.63. The Morgan fingerprint density at radius 3 is 2.62 bits per heavy atom. The molecule has 1 fully saturated rings. The van der Waals surface area contributed by atoms with Crippen molar-refractivity contribution >= 4 is 11.9 Å². The Morgan fingerprint density at radius 2 is 1.96 bits per heavy atom. The van der Waals surface area contributed by atoms with E-state index in [4.69, 9.17) is 4.74 Å². The van der Waals surface area contributed by atoms with E-state index in [1.165, 1.54) is 0 Å². The number of benzene rings is 1. The summed E-state index contributed by atoms with van der Waals surface area (Å²) >= 11 is 0. The fourth-order valence-corrected chi connectivity index (χ4v) is 3.08. The lowest BCUT2D eigenvalue weighted by Crippen LogP contribution is -2.45. The Bertz CT molecular complexity index is 629. The molecular formula is C19H27F2N3O2. The summed E-state index contributed by atoms with van der Waals surface area (Å²) in [6.45, 7) is 4.88. The minimum atomic E-state index is -0.480.